The maximum absolute atomic E-state index is 12.5. The summed E-state index contributed by atoms with van der Waals surface area (Å²) in [5.74, 6) is 1.02. The van der Waals surface area contributed by atoms with Gasteiger partial charge < -0.3 is 9.47 Å². The minimum atomic E-state index is -0.0146. The lowest BCUT2D eigenvalue weighted by molar-refractivity contribution is -0.146. The third kappa shape index (κ3) is 36.3. The van der Waals surface area contributed by atoms with Gasteiger partial charge in [-0.3, -0.25) is 9.59 Å². The molecule has 2 atom stereocenters. The van der Waals surface area contributed by atoms with Crippen LogP contribution >= 0.6 is 0 Å². The van der Waals surface area contributed by atoms with E-state index in [4.69, 9.17) is 9.47 Å². The summed E-state index contributed by atoms with van der Waals surface area (Å²) in [4.78, 5) is 24.7. The highest BCUT2D eigenvalue weighted by Crippen LogP contribution is 2.21. The lowest BCUT2D eigenvalue weighted by Crippen LogP contribution is -2.14. The predicted molar refractivity (Wildman–Crippen MR) is 213 cm³/mol. The maximum Gasteiger partial charge on any atom is 0.305 e. The van der Waals surface area contributed by atoms with Gasteiger partial charge in [0.1, 0.15) is 0 Å². The number of rotatable bonds is 39. The van der Waals surface area contributed by atoms with Gasteiger partial charge in [-0.1, -0.05) is 181 Å². The van der Waals surface area contributed by atoms with Gasteiger partial charge in [0.2, 0.25) is 0 Å². The number of carbonyl (C=O) groups is 2. The highest BCUT2D eigenvalue weighted by atomic mass is 16.5. The van der Waals surface area contributed by atoms with Gasteiger partial charge in [0.25, 0.3) is 0 Å². The first-order valence-electron chi connectivity index (χ1n) is 22.0. The Balaban J connectivity index is 4.03. The second-order valence-corrected chi connectivity index (χ2v) is 15.2. The molecule has 0 bridgehead atoms. The number of hydrogen-bond donors (Lipinski definition) is 0. The van der Waals surface area contributed by atoms with E-state index in [-0.39, 0.29) is 11.9 Å². The Kier molecular flexibility index (Phi) is 38.4. The Morgan fingerprint density at radius 3 is 1.18 bits per heavy atom. The third-order valence-corrected chi connectivity index (χ3v) is 10.4. The van der Waals surface area contributed by atoms with E-state index in [1.807, 2.05) is 0 Å². The van der Waals surface area contributed by atoms with Crippen LogP contribution in [0.1, 0.15) is 240 Å². The summed E-state index contributed by atoms with van der Waals surface area (Å²) >= 11 is 0. The quantitative estimate of drug-likeness (QED) is 0.0366. The van der Waals surface area contributed by atoms with E-state index in [1.165, 1.54) is 167 Å². The molecule has 0 aliphatic heterocycles. The average molecular weight is 691 g/mol. The minimum absolute atomic E-state index is 0.00951. The molecule has 2 unspecified atom stereocenters. The molecule has 290 valence electrons. The molecule has 0 aromatic carbocycles. The first-order chi connectivity index (χ1) is 24.1. The smallest absolute Gasteiger partial charge is 0.305 e. The molecule has 49 heavy (non-hydrogen) atoms. The normalized spacial score (nSPS) is 12.8. The van der Waals surface area contributed by atoms with Crippen LogP contribution in [0.4, 0.5) is 0 Å². The molecule has 0 aliphatic carbocycles. The molecule has 0 aromatic heterocycles. The fourth-order valence-corrected chi connectivity index (χ4v) is 6.74. The molecule has 0 saturated carbocycles. The van der Waals surface area contributed by atoms with Crippen LogP contribution in [0, 0.1) is 11.8 Å². The van der Waals surface area contributed by atoms with Crippen molar-refractivity contribution >= 4 is 11.9 Å². The van der Waals surface area contributed by atoms with Crippen LogP contribution in [0.5, 0.6) is 0 Å². The van der Waals surface area contributed by atoms with Crippen LogP contribution in [-0.2, 0) is 19.1 Å². The third-order valence-electron chi connectivity index (χ3n) is 10.4. The number of unbranched alkanes of at least 4 members (excludes halogenated alkanes) is 22. The molecule has 0 aromatic rings. The zero-order chi connectivity index (χ0) is 35.9. The summed E-state index contributed by atoms with van der Waals surface area (Å²) in [5.41, 5.74) is 0. The topological polar surface area (TPSA) is 52.6 Å². The molecular formula is C45H86O4. The van der Waals surface area contributed by atoms with Crippen LogP contribution in [0.15, 0.2) is 12.2 Å². The summed E-state index contributed by atoms with van der Waals surface area (Å²) in [6.45, 7) is 10.2. The Hall–Kier alpha value is -1.32. The second kappa shape index (κ2) is 39.5. The van der Waals surface area contributed by atoms with E-state index in [2.05, 4.69) is 39.8 Å². The molecule has 0 radical (unpaired) electrons. The van der Waals surface area contributed by atoms with Gasteiger partial charge in [-0.15, -0.1) is 0 Å². The lowest BCUT2D eigenvalue weighted by atomic mass is 9.94. The zero-order valence-corrected chi connectivity index (χ0v) is 33.7. The zero-order valence-electron chi connectivity index (χ0n) is 33.7. The molecule has 0 fully saturated rings. The van der Waals surface area contributed by atoms with Crippen LogP contribution in [-0.4, -0.2) is 25.2 Å². The Morgan fingerprint density at radius 1 is 0.408 bits per heavy atom. The molecule has 4 nitrogen and oxygen atoms in total. The molecule has 0 N–H and O–H groups in total. The van der Waals surface area contributed by atoms with Crippen LogP contribution in [0.2, 0.25) is 0 Å². The molecule has 0 aliphatic rings. The summed E-state index contributed by atoms with van der Waals surface area (Å²) in [7, 11) is 0. The molecular weight excluding hydrogens is 604 g/mol. The van der Waals surface area contributed by atoms with E-state index in [9.17, 15) is 9.59 Å². The van der Waals surface area contributed by atoms with E-state index >= 15 is 0 Å². The van der Waals surface area contributed by atoms with Gasteiger partial charge >= 0.3 is 11.9 Å². The average Bonchev–Trinajstić information content (AvgIpc) is 3.11. The summed E-state index contributed by atoms with van der Waals surface area (Å²) in [6.07, 6.45) is 44.3. The van der Waals surface area contributed by atoms with Crippen molar-refractivity contribution in [1.29, 1.82) is 0 Å². The lowest BCUT2D eigenvalue weighted by Gasteiger charge is -2.17. The van der Waals surface area contributed by atoms with Crippen LogP contribution in [0.25, 0.3) is 0 Å². The fourth-order valence-electron chi connectivity index (χ4n) is 6.74. The Bertz CT molecular complexity index is 717. The number of esters is 2. The SMILES string of the molecule is CCCCCCCCC=CCCCCCCCC(=O)OCC(CCCCCCCC)CCCCCCCCC(=O)OCC(CC)CCCC. The predicted octanol–water partition coefficient (Wildman–Crippen LogP) is 14.8. The van der Waals surface area contributed by atoms with Crippen molar-refractivity contribution in [1.82, 2.24) is 0 Å². The van der Waals surface area contributed by atoms with Crippen molar-refractivity contribution in [2.45, 2.75) is 240 Å². The standard InChI is InChI=1S/C45H86O4/c1-5-9-12-14-16-17-18-19-20-21-22-23-24-29-33-39-45(47)49-41-43(36-31-27-15-13-10-6-2)37-32-28-25-26-30-34-38-44(46)48-40-42(8-4)35-11-7-3/h19-20,42-43H,5-18,21-41H2,1-4H3. The van der Waals surface area contributed by atoms with E-state index in [0.717, 1.165) is 32.1 Å². The largest absolute Gasteiger partial charge is 0.465 e. The summed E-state index contributed by atoms with van der Waals surface area (Å²) in [6, 6.07) is 0. The van der Waals surface area contributed by atoms with Gasteiger partial charge in [-0.2, -0.15) is 0 Å². The van der Waals surface area contributed by atoms with Crippen LogP contribution < -0.4 is 0 Å². The van der Waals surface area contributed by atoms with Crippen molar-refractivity contribution in [3.05, 3.63) is 12.2 Å². The first-order valence-corrected chi connectivity index (χ1v) is 22.0. The van der Waals surface area contributed by atoms with Gasteiger partial charge in [0, 0.05) is 12.8 Å². The number of hydrogen-bond acceptors (Lipinski definition) is 4. The van der Waals surface area contributed by atoms with E-state index < -0.39 is 0 Å². The number of carbonyl (C=O) groups excluding carboxylic acids is 2. The van der Waals surface area contributed by atoms with Gasteiger partial charge in [-0.05, 0) is 69.6 Å². The number of ether oxygens (including phenoxy) is 2. The Morgan fingerprint density at radius 2 is 0.755 bits per heavy atom. The van der Waals surface area contributed by atoms with E-state index in [0.29, 0.717) is 37.9 Å². The molecule has 0 heterocycles. The number of allylic oxidation sites excluding steroid dienone is 2. The molecule has 4 heteroatoms. The molecule has 0 spiro atoms. The monoisotopic (exact) mass is 691 g/mol. The fraction of sp³-hybridized carbons (Fsp3) is 0.911. The second-order valence-electron chi connectivity index (χ2n) is 15.2. The molecule has 0 amide bonds. The van der Waals surface area contributed by atoms with E-state index in [1.54, 1.807) is 0 Å². The molecule has 0 rings (SSSR count). The van der Waals surface area contributed by atoms with Crippen molar-refractivity contribution < 1.29 is 19.1 Å². The first kappa shape index (κ1) is 47.7. The maximum atomic E-state index is 12.5. The Labute approximate surface area is 307 Å². The summed E-state index contributed by atoms with van der Waals surface area (Å²) < 4.78 is 11.4. The van der Waals surface area contributed by atoms with Crippen molar-refractivity contribution in [3.63, 3.8) is 0 Å². The van der Waals surface area contributed by atoms with Gasteiger partial charge in [0.05, 0.1) is 13.2 Å². The van der Waals surface area contributed by atoms with Gasteiger partial charge in [0.15, 0.2) is 0 Å². The van der Waals surface area contributed by atoms with Crippen molar-refractivity contribution in [2.24, 2.45) is 11.8 Å². The van der Waals surface area contributed by atoms with Gasteiger partial charge in [-0.25, -0.2) is 0 Å². The summed E-state index contributed by atoms with van der Waals surface area (Å²) in [5, 5.41) is 0. The van der Waals surface area contributed by atoms with Crippen molar-refractivity contribution in [3.8, 4) is 0 Å². The highest BCUT2D eigenvalue weighted by molar-refractivity contribution is 5.69. The van der Waals surface area contributed by atoms with Crippen LogP contribution in [0.3, 0.4) is 0 Å². The highest BCUT2D eigenvalue weighted by Gasteiger charge is 2.13. The molecule has 0 saturated heterocycles. The van der Waals surface area contributed by atoms with Crippen molar-refractivity contribution in [2.75, 3.05) is 13.2 Å². The minimum Gasteiger partial charge on any atom is -0.465 e.